The fourth-order valence-electron chi connectivity index (χ4n) is 2.99. The molecule has 2 amide bonds. The van der Waals surface area contributed by atoms with Crippen molar-refractivity contribution in [2.45, 2.75) is 19.8 Å². The number of benzene rings is 1. The number of carbonyl (C=O) groups is 2. The molecule has 1 aliphatic heterocycles. The lowest BCUT2D eigenvalue weighted by atomic mass is 9.96. The smallest absolute Gasteiger partial charge is 0.267 e. The Balaban J connectivity index is 1.46. The second kappa shape index (κ2) is 8.27. The van der Waals surface area contributed by atoms with Crippen LogP contribution in [0.15, 0.2) is 24.3 Å². The molecule has 0 radical (unpaired) electrons. The predicted molar refractivity (Wildman–Crippen MR) is 98.6 cm³/mol. The molecule has 138 valence electrons. The van der Waals surface area contributed by atoms with Gasteiger partial charge in [-0.25, -0.2) is 0 Å². The van der Waals surface area contributed by atoms with Gasteiger partial charge in [-0.2, -0.15) is 0 Å². The number of carbonyl (C=O) groups excluding carboxylic acids is 2. The van der Waals surface area contributed by atoms with E-state index >= 15 is 0 Å². The summed E-state index contributed by atoms with van der Waals surface area (Å²) in [6.07, 6.45) is 1.75. The second-order valence-corrected chi connectivity index (χ2v) is 7.12. The minimum Gasteiger partial charge on any atom is -0.497 e. The number of ether oxygens (including phenoxy) is 1. The van der Waals surface area contributed by atoms with E-state index in [2.05, 4.69) is 14.9 Å². The van der Waals surface area contributed by atoms with E-state index in [1.807, 2.05) is 4.90 Å². The van der Waals surface area contributed by atoms with Crippen LogP contribution < -0.4 is 10.1 Å². The van der Waals surface area contributed by atoms with Crippen LogP contribution in [0.25, 0.3) is 0 Å². The predicted octanol–water partition coefficient (Wildman–Crippen LogP) is 2.14. The number of amides is 2. The molecule has 2 aromatic rings. The van der Waals surface area contributed by atoms with Gasteiger partial charge < -0.3 is 15.0 Å². The number of aromatic nitrogens is 2. The third-order valence-corrected chi connectivity index (χ3v) is 5.47. The van der Waals surface area contributed by atoms with Crippen LogP contribution in [0.1, 0.15) is 38.6 Å². The molecule has 7 nitrogen and oxygen atoms in total. The number of nitrogens with zero attached hydrogens (tertiary/aromatic N) is 3. The van der Waals surface area contributed by atoms with E-state index in [0.29, 0.717) is 41.7 Å². The first kappa shape index (κ1) is 18.3. The molecule has 26 heavy (non-hydrogen) atoms. The summed E-state index contributed by atoms with van der Waals surface area (Å²) >= 11 is 1.15. The van der Waals surface area contributed by atoms with Gasteiger partial charge in [0, 0.05) is 25.2 Å². The Morgan fingerprint density at radius 1 is 1.27 bits per heavy atom. The summed E-state index contributed by atoms with van der Waals surface area (Å²) in [7, 11) is 1.60. The Kier molecular flexibility index (Phi) is 5.82. The number of nitrogens with one attached hydrogen (secondary N) is 1. The maximum atomic E-state index is 12.5. The summed E-state index contributed by atoms with van der Waals surface area (Å²) < 4.78 is 8.93. The number of rotatable bonds is 5. The van der Waals surface area contributed by atoms with Gasteiger partial charge in [0.15, 0.2) is 0 Å². The van der Waals surface area contributed by atoms with E-state index in [1.54, 1.807) is 38.3 Å². The zero-order valence-corrected chi connectivity index (χ0v) is 15.7. The Labute approximate surface area is 156 Å². The van der Waals surface area contributed by atoms with Gasteiger partial charge in [-0.15, -0.1) is 5.10 Å². The highest BCUT2D eigenvalue weighted by atomic mass is 32.1. The van der Waals surface area contributed by atoms with Gasteiger partial charge in [-0.05, 0) is 61.5 Å². The van der Waals surface area contributed by atoms with Crippen molar-refractivity contribution in [3.8, 4) is 5.75 Å². The molecular weight excluding hydrogens is 352 g/mol. The van der Waals surface area contributed by atoms with Crippen molar-refractivity contribution in [3.05, 3.63) is 40.4 Å². The molecule has 1 saturated heterocycles. The number of methoxy groups -OCH3 is 1. The summed E-state index contributed by atoms with van der Waals surface area (Å²) in [6, 6.07) is 7.05. The van der Waals surface area contributed by atoms with Crippen molar-refractivity contribution in [2.24, 2.45) is 5.92 Å². The van der Waals surface area contributed by atoms with Crippen molar-refractivity contribution in [3.63, 3.8) is 0 Å². The number of piperidine rings is 1. The molecule has 0 bridgehead atoms. The lowest BCUT2D eigenvalue weighted by Crippen LogP contribution is -2.41. The zero-order valence-electron chi connectivity index (χ0n) is 14.9. The fourth-order valence-corrected chi connectivity index (χ4v) is 3.62. The molecule has 1 aliphatic rings. The van der Waals surface area contributed by atoms with E-state index in [1.165, 1.54) is 0 Å². The molecule has 0 aliphatic carbocycles. The molecule has 0 atom stereocenters. The summed E-state index contributed by atoms with van der Waals surface area (Å²) in [5.41, 5.74) is 1.31. The average molecular weight is 374 g/mol. The van der Waals surface area contributed by atoms with Gasteiger partial charge in [0.1, 0.15) is 10.6 Å². The normalized spacial score (nSPS) is 14.9. The van der Waals surface area contributed by atoms with Crippen molar-refractivity contribution in [1.29, 1.82) is 0 Å². The van der Waals surface area contributed by atoms with Crippen molar-refractivity contribution in [2.75, 3.05) is 26.7 Å². The van der Waals surface area contributed by atoms with Gasteiger partial charge in [0.25, 0.3) is 11.8 Å². The van der Waals surface area contributed by atoms with Gasteiger partial charge in [-0.3, -0.25) is 9.59 Å². The minimum atomic E-state index is -0.0856. The standard InChI is InChI=1S/C18H22N4O3S/c1-12-16(26-21-20-12)18(24)22-9-7-13(8-10-22)11-19-17(23)14-3-5-15(25-2)6-4-14/h3-6,13H,7-11H2,1-2H3,(H,19,23). The molecule has 1 N–H and O–H groups in total. The van der Waals surface area contributed by atoms with E-state index in [0.717, 1.165) is 30.1 Å². The lowest BCUT2D eigenvalue weighted by molar-refractivity contribution is 0.0688. The van der Waals surface area contributed by atoms with Crippen molar-refractivity contribution < 1.29 is 14.3 Å². The van der Waals surface area contributed by atoms with Gasteiger partial charge in [0.2, 0.25) is 0 Å². The number of hydrogen-bond acceptors (Lipinski definition) is 6. The SMILES string of the molecule is COc1ccc(C(=O)NCC2CCN(C(=O)c3snnc3C)CC2)cc1. The summed E-state index contributed by atoms with van der Waals surface area (Å²) in [5.74, 6) is 1.03. The number of likely N-dealkylation sites (tertiary alicyclic amines) is 1. The quantitative estimate of drug-likeness (QED) is 0.867. The van der Waals surface area contributed by atoms with Gasteiger partial charge in [0.05, 0.1) is 12.8 Å². The molecule has 1 aromatic carbocycles. The van der Waals surface area contributed by atoms with E-state index < -0.39 is 0 Å². The highest BCUT2D eigenvalue weighted by molar-refractivity contribution is 7.07. The minimum absolute atomic E-state index is 0.0122. The largest absolute Gasteiger partial charge is 0.497 e. The van der Waals surface area contributed by atoms with Crippen LogP contribution in [0.2, 0.25) is 0 Å². The van der Waals surface area contributed by atoms with E-state index in [9.17, 15) is 9.59 Å². The van der Waals surface area contributed by atoms with Crippen molar-refractivity contribution in [1.82, 2.24) is 19.8 Å². The van der Waals surface area contributed by atoms with Crippen LogP contribution in [0, 0.1) is 12.8 Å². The topological polar surface area (TPSA) is 84.4 Å². The van der Waals surface area contributed by atoms with Crippen molar-refractivity contribution >= 4 is 23.3 Å². The second-order valence-electron chi connectivity index (χ2n) is 6.36. The third kappa shape index (κ3) is 4.19. The lowest BCUT2D eigenvalue weighted by Gasteiger charge is -2.31. The summed E-state index contributed by atoms with van der Waals surface area (Å²) in [4.78, 5) is 27.2. The Bertz CT molecular complexity index is 767. The summed E-state index contributed by atoms with van der Waals surface area (Å²) in [5, 5.41) is 6.89. The van der Waals surface area contributed by atoms with Gasteiger partial charge >= 0.3 is 0 Å². The summed E-state index contributed by atoms with van der Waals surface area (Å²) in [6.45, 7) is 3.81. The van der Waals surface area contributed by atoms with Crippen LogP contribution in [-0.2, 0) is 0 Å². The molecule has 0 spiro atoms. The first-order valence-corrected chi connectivity index (χ1v) is 9.36. The van der Waals surface area contributed by atoms with Gasteiger partial charge in [-0.1, -0.05) is 4.49 Å². The van der Waals surface area contributed by atoms with Crippen LogP contribution in [-0.4, -0.2) is 53.0 Å². The Morgan fingerprint density at radius 2 is 1.96 bits per heavy atom. The molecule has 3 rings (SSSR count). The first-order valence-electron chi connectivity index (χ1n) is 8.59. The van der Waals surface area contributed by atoms with Crippen LogP contribution in [0.3, 0.4) is 0 Å². The molecule has 1 fully saturated rings. The number of hydrogen-bond donors (Lipinski definition) is 1. The Morgan fingerprint density at radius 3 is 2.54 bits per heavy atom. The number of aryl methyl sites for hydroxylation is 1. The highest BCUT2D eigenvalue weighted by Crippen LogP contribution is 2.21. The molecule has 0 saturated carbocycles. The molecule has 0 unspecified atom stereocenters. The maximum absolute atomic E-state index is 12.5. The molecular formula is C18H22N4O3S. The Hall–Kier alpha value is -2.48. The molecule has 2 heterocycles. The van der Waals surface area contributed by atoms with E-state index in [4.69, 9.17) is 4.74 Å². The molecule has 8 heteroatoms. The molecule has 1 aromatic heterocycles. The maximum Gasteiger partial charge on any atom is 0.267 e. The van der Waals surface area contributed by atoms with Crippen LogP contribution >= 0.6 is 11.5 Å². The first-order chi connectivity index (χ1) is 12.6. The average Bonchev–Trinajstić information content (AvgIpc) is 3.12. The fraction of sp³-hybridized carbons (Fsp3) is 0.444. The van der Waals surface area contributed by atoms with Crippen LogP contribution in [0.5, 0.6) is 5.75 Å². The van der Waals surface area contributed by atoms with E-state index in [-0.39, 0.29) is 11.8 Å². The zero-order chi connectivity index (χ0) is 18.5. The monoisotopic (exact) mass is 374 g/mol. The van der Waals surface area contributed by atoms with Crippen LogP contribution in [0.4, 0.5) is 0 Å². The third-order valence-electron chi connectivity index (χ3n) is 4.65. The highest BCUT2D eigenvalue weighted by Gasteiger charge is 2.26.